The van der Waals surface area contributed by atoms with E-state index >= 15 is 0 Å². The van der Waals surface area contributed by atoms with Crippen molar-refractivity contribution < 1.29 is 9.32 Å². The van der Waals surface area contributed by atoms with E-state index in [1.165, 1.54) is 6.26 Å². The first-order valence-corrected chi connectivity index (χ1v) is 5.76. The van der Waals surface area contributed by atoms with E-state index in [-0.39, 0.29) is 12.5 Å². The van der Waals surface area contributed by atoms with Gasteiger partial charge in [0.15, 0.2) is 0 Å². The molecule has 0 atom stereocenters. The first-order chi connectivity index (χ1) is 9.31. The predicted molar refractivity (Wildman–Crippen MR) is 70.0 cm³/mol. The lowest BCUT2D eigenvalue weighted by Gasteiger charge is -2.05. The number of aromatic nitrogens is 1. The summed E-state index contributed by atoms with van der Waals surface area (Å²) >= 11 is 0. The molecule has 1 aromatic heterocycles. The van der Waals surface area contributed by atoms with Crippen LogP contribution in [0.25, 0.3) is 0 Å². The monoisotopic (exact) mass is 255 g/mol. The van der Waals surface area contributed by atoms with E-state index in [2.05, 4.69) is 22.3 Å². The normalized spacial score (nSPS) is 9.53. The molecule has 0 saturated heterocycles. The van der Waals surface area contributed by atoms with E-state index < -0.39 is 0 Å². The maximum absolute atomic E-state index is 12.1. The molecule has 0 bridgehead atoms. The Morgan fingerprint density at radius 2 is 2.21 bits per heavy atom. The fourth-order valence-electron chi connectivity index (χ4n) is 1.53. The summed E-state index contributed by atoms with van der Waals surface area (Å²) in [6.07, 6.45) is 1.46. The molecule has 0 fully saturated rings. The minimum absolute atomic E-state index is 0.204. The third-order valence-electron chi connectivity index (χ3n) is 2.42. The molecule has 5 nitrogen and oxygen atoms in total. The SMILES string of the molecule is NCC#Cc1ccccc1C(=O)NCc1ccon1. The Balaban J connectivity index is 2.10. The van der Waals surface area contributed by atoms with Gasteiger partial charge in [0.05, 0.1) is 18.7 Å². The Morgan fingerprint density at radius 1 is 1.37 bits per heavy atom. The van der Waals surface area contributed by atoms with Gasteiger partial charge in [0, 0.05) is 11.6 Å². The number of benzene rings is 1. The van der Waals surface area contributed by atoms with E-state index in [0.29, 0.717) is 23.4 Å². The summed E-state index contributed by atoms with van der Waals surface area (Å²) in [5.41, 5.74) is 7.18. The van der Waals surface area contributed by atoms with Gasteiger partial charge >= 0.3 is 0 Å². The quantitative estimate of drug-likeness (QED) is 0.799. The number of carbonyl (C=O) groups is 1. The van der Waals surface area contributed by atoms with Crippen LogP contribution >= 0.6 is 0 Å². The van der Waals surface area contributed by atoms with Crippen molar-refractivity contribution >= 4 is 5.91 Å². The van der Waals surface area contributed by atoms with Crippen molar-refractivity contribution in [1.82, 2.24) is 10.5 Å². The zero-order valence-electron chi connectivity index (χ0n) is 10.2. The van der Waals surface area contributed by atoms with Crippen molar-refractivity contribution in [3.63, 3.8) is 0 Å². The van der Waals surface area contributed by atoms with Crippen molar-refractivity contribution in [2.45, 2.75) is 6.54 Å². The Hall–Kier alpha value is -2.58. The van der Waals surface area contributed by atoms with Gasteiger partial charge in [-0.3, -0.25) is 4.79 Å². The number of hydrogen-bond donors (Lipinski definition) is 2. The van der Waals surface area contributed by atoms with Crippen molar-refractivity contribution in [3.8, 4) is 11.8 Å². The number of nitrogens with two attached hydrogens (primary N) is 1. The molecule has 0 aliphatic rings. The summed E-state index contributed by atoms with van der Waals surface area (Å²) in [7, 11) is 0. The first kappa shape index (κ1) is 12.9. The van der Waals surface area contributed by atoms with Crippen LogP contribution in [0.15, 0.2) is 41.1 Å². The first-order valence-electron chi connectivity index (χ1n) is 5.76. The maximum atomic E-state index is 12.1. The molecule has 0 unspecified atom stereocenters. The second kappa shape index (κ2) is 6.38. The molecule has 3 N–H and O–H groups in total. The van der Waals surface area contributed by atoms with Gasteiger partial charge in [-0.05, 0) is 12.1 Å². The van der Waals surface area contributed by atoms with E-state index in [1.807, 2.05) is 6.07 Å². The number of hydrogen-bond acceptors (Lipinski definition) is 4. The molecule has 2 rings (SSSR count). The van der Waals surface area contributed by atoms with Gasteiger partial charge in [-0.1, -0.05) is 29.1 Å². The molecule has 1 heterocycles. The average Bonchev–Trinajstić information content (AvgIpc) is 2.96. The lowest BCUT2D eigenvalue weighted by molar-refractivity contribution is 0.0950. The Labute approximate surface area is 110 Å². The second-order valence-corrected chi connectivity index (χ2v) is 3.72. The van der Waals surface area contributed by atoms with Crippen LogP contribution in [0.5, 0.6) is 0 Å². The van der Waals surface area contributed by atoms with Gasteiger partial charge in [0.2, 0.25) is 0 Å². The summed E-state index contributed by atoms with van der Waals surface area (Å²) in [4.78, 5) is 12.1. The fraction of sp³-hybridized carbons (Fsp3) is 0.143. The van der Waals surface area contributed by atoms with Crippen molar-refractivity contribution in [1.29, 1.82) is 0 Å². The van der Waals surface area contributed by atoms with Crippen molar-refractivity contribution in [2.75, 3.05) is 6.54 Å². The molecule has 1 amide bonds. The molecule has 0 saturated carbocycles. The van der Waals surface area contributed by atoms with Gasteiger partial charge in [0.1, 0.15) is 12.0 Å². The maximum Gasteiger partial charge on any atom is 0.252 e. The molecule has 0 aliphatic heterocycles. The molecule has 0 radical (unpaired) electrons. The van der Waals surface area contributed by atoms with E-state index in [9.17, 15) is 4.79 Å². The van der Waals surface area contributed by atoms with Crippen LogP contribution in [0.1, 0.15) is 21.6 Å². The highest BCUT2D eigenvalue weighted by Gasteiger charge is 2.09. The number of nitrogens with one attached hydrogen (secondary N) is 1. The topological polar surface area (TPSA) is 81.2 Å². The predicted octanol–water partition coefficient (Wildman–Crippen LogP) is 0.915. The van der Waals surface area contributed by atoms with Crippen LogP contribution < -0.4 is 11.1 Å². The van der Waals surface area contributed by atoms with E-state index in [4.69, 9.17) is 10.3 Å². The highest BCUT2D eigenvalue weighted by atomic mass is 16.5. The number of amides is 1. The zero-order valence-corrected chi connectivity index (χ0v) is 10.2. The Bertz CT molecular complexity index is 609. The van der Waals surface area contributed by atoms with Crippen LogP contribution in [-0.4, -0.2) is 17.6 Å². The average molecular weight is 255 g/mol. The molecule has 5 heteroatoms. The minimum atomic E-state index is -0.204. The molecule has 0 aliphatic carbocycles. The fourth-order valence-corrected chi connectivity index (χ4v) is 1.53. The summed E-state index contributed by atoms with van der Waals surface area (Å²) in [6, 6.07) is 8.82. The lowest BCUT2D eigenvalue weighted by Crippen LogP contribution is -2.23. The van der Waals surface area contributed by atoms with Crippen molar-refractivity contribution in [3.05, 3.63) is 53.4 Å². The second-order valence-electron chi connectivity index (χ2n) is 3.72. The van der Waals surface area contributed by atoms with Gasteiger partial charge in [-0.2, -0.15) is 0 Å². The van der Waals surface area contributed by atoms with Gasteiger partial charge in [0.25, 0.3) is 5.91 Å². The summed E-state index contributed by atoms with van der Waals surface area (Å²) in [5, 5.41) is 6.48. The minimum Gasteiger partial charge on any atom is -0.364 e. The number of carbonyl (C=O) groups excluding carboxylic acids is 1. The summed E-state index contributed by atoms with van der Waals surface area (Å²) in [6.45, 7) is 0.572. The smallest absolute Gasteiger partial charge is 0.252 e. The van der Waals surface area contributed by atoms with Gasteiger partial charge in [-0.15, -0.1) is 0 Å². The lowest BCUT2D eigenvalue weighted by atomic mass is 10.1. The Morgan fingerprint density at radius 3 is 2.95 bits per heavy atom. The summed E-state index contributed by atoms with van der Waals surface area (Å²) in [5.74, 6) is 5.41. The summed E-state index contributed by atoms with van der Waals surface area (Å²) < 4.78 is 4.69. The molecule has 2 aromatic rings. The van der Waals surface area contributed by atoms with Crippen LogP contribution in [0.4, 0.5) is 0 Å². The molecule has 96 valence electrons. The third-order valence-corrected chi connectivity index (χ3v) is 2.42. The largest absolute Gasteiger partial charge is 0.364 e. The van der Waals surface area contributed by atoms with Gasteiger partial charge in [-0.25, -0.2) is 0 Å². The van der Waals surface area contributed by atoms with E-state index in [0.717, 1.165) is 0 Å². The van der Waals surface area contributed by atoms with Crippen LogP contribution in [0.2, 0.25) is 0 Å². The highest BCUT2D eigenvalue weighted by molar-refractivity contribution is 5.96. The molecular formula is C14H13N3O2. The van der Waals surface area contributed by atoms with Crippen molar-refractivity contribution in [2.24, 2.45) is 5.73 Å². The van der Waals surface area contributed by atoms with Crippen LogP contribution in [-0.2, 0) is 6.54 Å². The molecular weight excluding hydrogens is 242 g/mol. The zero-order chi connectivity index (χ0) is 13.5. The molecule has 1 aromatic carbocycles. The standard InChI is InChI=1S/C14H13N3O2/c15-8-3-5-11-4-1-2-6-13(11)14(18)16-10-12-7-9-19-17-12/h1-2,4,6-7,9H,8,10,15H2,(H,16,18). The third kappa shape index (κ3) is 3.44. The number of rotatable bonds is 3. The molecule has 19 heavy (non-hydrogen) atoms. The Kier molecular flexibility index (Phi) is 4.32. The highest BCUT2D eigenvalue weighted by Crippen LogP contribution is 2.07. The molecule has 0 spiro atoms. The number of nitrogens with zero attached hydrogens (tertiary/aromatic N) is 1. The van der Waals surface area contributed by atoms with Crippen LogP contribution in [0.3, 0.4) is 0 Å². The van der Waals surface area contributed by atoms with E-state index in [1.54, 1.807) is 24.3 Å². The van der Waals surface area contributed by atoms with Gasteiger partial charge < -0.3 is 15.6 Å². The van der Waals surface area contributed by atoms with Crippen LogP contribution in [0, 0.1) is 11.8 Å².